The molecule has 0 spiro atoms. The summed E-state index contributed by atoms with van der Waals surface area (Å²) in [6.07, 6.45) is 7.06. The first-order valence-corrected chi connectivity index (χ1v) is 5.70. The van der Waals surface area contributed by atoms with E-state index >= 15 is 0 Å². The van der Waals surface area contributed by atoms with Gasteiger partial charge in [0.2, 0.25) is 0 Å². The van der Waals surface area contributed by atoms with E-state index in [0.717, 1.165) is 6.61 Å². The van der Waals surface area contributed by atoms with Crippen LogP contribution in [-0.2, 0) is 4.43 Å². The minimum absolute atomic E-state index is 0.00849. The Morgan fingerprint density at radius 1 is 1.00 bits per heavy atom. The van der Waals surface area contributed by atoms with E-state index < -0.39 is 0 Å². The van der Waals surface area contributed by atoms with Gasteiger partial charge in [0.25, 0.3) is 0 Å². The molecule has 0 amide bonds. The lowest BCUT2D eigenvalue weighted by Gasteiger charge is -2.07. The third-order valence-corrected chi connectivity index (χ3v) is 2.84. The maximum absolute atomic E-state index is 5.21. The maximum Gasteiger partial charge on any atom is 0.161 e. The van der Waals surface area contributed by atoms with Gasteiger partial charge in [-0.15, -0.1) is 0 Å². The van der Waals surface area contributed by atoms with Gasteiger partial charge < -0.3 is 4.43 Å². The maximum atomic E-state index is 5.21. The lowest BCUT2D eigenvalue weighted by Crippen LogP contribution is -2.06. The predicted octanol–water partition coefficient (Wildman–Crippen LogP) is 0.170. The van der Waals surface area contributed by atoms with Crippen molar-refractivity contribution in [3.63, 3.8) is 0 Å². The predicted molar refractivity (Wildman–Crippen MR) is 48.4 cm³/mol. The van der Waals surface area contributed by atoms with Crippen LogP contribution >= 0.6 is 0 Å². The third-order valence-electron chi connectivity index (χ3n) is 1.48. The van der Waals surface area contributed by atoms with Crippen molar-refractivity contribution in [2.75, 3.05) is 6.61 Å². The molecule has 0 N–H and O–H groups in total. The summed E-state index contributed by atoms with van der Waals surface area (Å²) in [5.74, 6) is 0. The normalized spacial score (nSPS) is 18.0. The Hall–Kier alpha value is -0.813. The molecule has 0 aliphatic carbocycles. The summed E-state index contributed by atoms with van der Waals surface area (Å²) in [5.41, 5.74) is 0. The molecule has 0 aromatic carbocycles. The van der Waals surface area contributed by atoms with E-state index in [4.69, 9.17) is 4.43 Å². The van der Waals surface area contributed by atoms with E-state index in [1.807, 2.05) is 0 Å². The number of hydrogen-bond acceptors (Lipinski definition) is 4. The Balaban J connectivity index is 0.000000120. The first kappa shape index (κ1) is 9.28. The van der Waals surface area contributed by atoms with E-state index in [-0.39, 0.29) is 9.76 Å². The molecule has 0 radical (unpaired) electrons. The van der Waals surface area contributed by atoms with Gasteiger partial charge in [-0.1, -0.05) is 6.42 Å². The molecule has 2 heterocycles. The summed E-state index contributed by atoms with van der Waals surface area (Å²) in [4.78, 5) is 10.7. The summed E-state index contributed by atoms with van der Waals surface area (Å²) >= 11 is 0. The highest BCUT2D eigenvalue weighted by atomic mass is 28.2. The number of aromatic nitrogens is 3. The van der Waals surface area contributed by atoms with Gasteiger partial charge in [-0.2, -0.15) is 0 Å². The second-order valence-corrected chi connectivity index (χ2v) is 3.99. The Kier molecular flexibility index (Phi) is 5.31. The molecular weight excluding hydrogens is 170 g/mol. The van der Waals surface area contributed by atoms with Crippen molar-refractivity contribution < 1.29 is 4.43 Å². The van der Waals surface area contributed by atoms with Gasteiger partial charge >= 0.3 is 0 Å². The smallest absolute Gasteiger partial charge is 0.161 e. The van der Waals surface area contributed by atoms with Crippen molar-refractivity contribution in [3.8, 4) is 0 Å². The number of nitrogens with zero attached hydrogens (tertiary/aromatic N) is 3. The molecule has 1 aromatic heterocycles. The number of hydrogen-bond donors (Lipinski definition) is 0. The quantitative estimate of drug-likeness (QED) is 0.538. The number of rotatable bonds is 0. The van der Waals surface area contributed by atoms with E-state index in [2.05, 4.69) is 15.0 Å². The molecule has 0 bridgehead atoms. The van der Waals surface area contributed by atoms with Gasteiger partial charge in [0.1, 0.15) is 19.0 Å². The average molecular weight is 183 g/mol. The molecule has 66 valence electrons. The molecule has 1 aromatic rings. The van der Waals surface area contributed by atoms with Crippen LogP contribution in [-0.4, -0.2) is 31.3 Å². The molecule has 2 rings (SSSR count). The molecule has 1 aliphatic heterocycles. The van der Waals surface area contributed by atoms with Gasteiger partial charge in [0.05, 0.1) is 0 Å². The van der Waals surface area contributed by atoms with Crippen molar-refractivity contribution in [1.29, 1.82) is 0 Å². The van der Waals surface area contributed by atoms with Crippen LogP contribution in [0.1, 0.15) is 12.8 Å². The highest BCUT2D eigenvalue weighted by molar-refractivity contribution is 6.27. The zero-order valence-electron chi connectivity index (χ0n) is 7.02. The van der Waals surface area contributed by atoms with Crippen LogP contribution in [0.5, 0.6) is 0 Å². The molecule has 1 fully saturated rings. The summed E-state index contributed by atoms with van der Waals surface area (Å²) in [7, 11) is 0.00849. The van der Waals surface area contributed by atoms with Crippen molar-refractivity contribution in [1.82, 2.24) is 15.0 Å². The van der Waals surface area contributed by atoms with Crippen LogP contribution in [0.15, 0.2) is 19.0 Å². The second kappa shape index (κ2) is 6.87. The Labute approximate surface area is 74.4 Å². The molecule has 12 heavy (non-hydrogen) atoms. The lowest BCUT2D eigenvalue weighted by atomic mass is 10.4. The largest absolute Gasteiger partial charge is 0.424 e. The summed E-state index contributed by atoms with van der Waals surface area (Å²) in [6, 6.07) is 1.42. The average Bonchev–Trinajstić information content (AvgIpc) is 2.24. The summed E-state index contributed by atoms with van der Waals surface area (Å²) in [6.45, 7) is 1.06. The summed E-state index contributed by atoms with van der Waals surface area (Å²) < 4.78 is 5.21. The van der Waals surface area contributed by atoms with Gasteiger partial charge in [0.15, 0.2) is 9.76 Å². The molecule has 0 atom stereocenters. The second-order valence-electron chi connectivity index (χ2n) is 2.47. The molecule has 1 saturated heterocycles. The first-order chi connectivity index (χ1) is 6.00. The highest BCUT2D eigenvalue weighted by Gasteiger charge is 1.96. The van der Waals surface area contributed by atoms with Crippen LogP contribution in [0.2, 0.25) is 6.04 Å². The lowest BCUT2D eigenvalue weighted by molar-refractivity contribution is 0.304. The Bertz CT molecular complexity index is 143. The molecular formula is C7H13N3OSi. The van der Waals surface area contributed by atoms with Gasteiger partial charge in [-0.05, 0) is 12.5 Å². The molecule has 1 aliphatic rings. The van der Waals surface area contributed by atoms with E-state index in [9.17, 15) is 0 Å². The summed E-state index contributed by atoms with van der Waals surface area (Å²) in [5, 5.41) is 0. The van der Waals surface area contributed by atoms with Gasteiger partial charge in [-0.25, -0.2) is 15.0 Å². The molecule has 4 nitrogen and oxygen atoms in total. The van der Waals surface area contributed by atoms with E-state index in [1.54, 1.807) is 0 Å². The molecule has 0 saturated carbocycles. The van der Waals surface area contributed by atoms with E-state index in [1.165, 1.54) is 37.9 Å². The van der Waals surface area contributed by atoms with E-state index in [0.29, 0.717) is 0 Å². The topological polar surface area (TPSA) is 47.9 Å². The molecule has 0 unspecified atom stereocenters. The fraction of sp³-hybridized carbons (Fsp3) is 0.571. The zero-order chi connectivity index (χ0) is 8.49. The zero-order valence-corrected chi connectivity index (χ0v) is 8.43. The Morgan fingerprint density at radius 2 is 1.67 bits per heavy atom. The van der Waals surface area contributed by atoms with Crippen LogP contribution in [0, 0.1) is 0 Å². The SMILES string of the molecule is C1CC[SiH2]OC1.c1ncncn1. The Morgan fingerprint density at radius 3 is 1.83 bits per heavy atom. The van der Waals surface area contributed by atoms with Crippen LogP contribution in [0.3, 0.4) is 0 Å². The monoisotopic (exact) mass is 183 g/mol. The van der Waals surface area contributed by atoms with Crippen molar-refractivity contribution in [2.24, 2.45) is 0 Å². The van der Waals surface area contributed by atoms with Gasteiger partial charge in [0, 0.05) is 6.61 Å². The fourth-order valence-corrected chi connectivity index (χ4v) is 2.06. The highest BCUT2D eigenvalue weighted by Crippen LogP contribution is 2.01. The van der Waals surface area contributed by atoms with Crippen molar-refractivity contribution >= 4 is 9.76 Å². The molecule has 5 heteroatoms. The van der Waals surface area contributed by atoms with Crippen LogP contribution in [0.25, 0.3) is 0 Å². The fourth-order valence-electron chi connectivity index (χ4n) is 0.892. The van der Waals surface area contributed by atoms with Crippen LogP contribution < -0.4 is 0 Å². The first-order valence-electron chi connectivity index (χ1n) is 4.13. The van der Waals surface area contributed by atoms with Crippen molar-refractivity contribution in [2.45, 2.75) is 18.9 Å². The minimum atomic E-state index is 0.00849. The van der Waals surface area contributed by atoms with Gasteiger partial charge in [-0.3, -0.25) is 0 Å². The van der Waals surface area contributed by atoms with Crippen molar-refractivity contribution in [3.05, 3.63) is 19.0 Å². The van der Waals surface area contributed by atoms with Crippen LogP contribution in [0.4, 0.5) is 0 Å². The standard InChI is InChI=1S/C4H10OSi.C3H3N3/c1-2-4-6-5-3-1;1-4-2-6-3-5-1/h1-4,6H2;1-3H. The minimum Gasteiger partial charge on any atom is -0.424 e. The third kappa shape index (κ3) is 4.92.